The van der Waals surface area contributed by atoms with E-state index in [2.05, 4.69) is 33.8 Å². The van der Waals surface area contributed by atoms with Crippen LogP contribution < -0.4 is 0 Å². The van der Waals surface area contributed by atoms with Crippen molar-refractivity contribution in [2.45, 2.75) is 32.5 Å². The predicted octanol–water partition coefficient (Wildman–Crippen LogP) is 2.03. The van der Waals surface area contributed by atoms with Crippen LogP contribution in [0, 0.1) is 11.8 Å². The molecule has 0 aromatic heterocycles. The van der Waals surface area contributed by atoms with Gasteiger partial charge in [-0.3, -0.25) is 0 Å². The van der Waals surface area contributed by atoms with Gasteiger partial charge in [0.05, 0.1) is 0 Å². The van der Waals surface area contributed by atoms with E-state index in [4.69, 9.17) is 0 Å². The van der Waals surface area contributed by atoms with Gasteiger partial charge in [-0.2, -0.15) is 0 Å². The zero-order valence-corrected chi connectivity index (χ0v) is 7.30. The minimum absolute atomic E-state index is 0.861. The van der Waals surface area contributed by atoms with Crippen LogP contribution in [-0.4, -0.2) is 7.85 Å². The normalized spacial score (nSPS) is 35.8. The summed E-state index contributed by atoms with van der Waals surface area (Å²) in [5.74, 6) is 2.70. The van der Waals surface area contributed by atoms with Crippen LogP contribution in [0.15, 0.2) is 12.2 Å². The van der Waals surface area contributed by atoms with E-state index in [0.717, 1.165) is 17.7 Å². The van der Waals surface area contributed by atoms with Crippen LogP contribution >= 0.6 is 0 Å². The zero-order chi connectivity index (χ0) is 7.56. The lowest BCUT2D eigenvalue weighted by atomic mass is 9.68. The third kappa shape index (κ3) is 1.65. The molecule has 3 unspecified atom stereocenters. The van der Waals surface area contributed by atoms with Gasteiger partial charge >= 0.3 is 0 Å². The Hall–Kier alpha value is -0.195. The third-order valence-corrected chi connectivity index (χ3v) is 2.67. The van der Waals surface area contributed by atoms with Crippen LogP contribution in [-0.2, 0) is 0 Å². The highest BCUT2D eigenvalue weighted by atomic mass is 14.2. The van der Waals surface area contributed by atoms with E-state index in [-0.39, 0.29) is 0 Å². The standard InChI is InChI=1S/C9H17B/c1-7-5-3-4-6-9(7)8(2)10/h3-4,7-9H,5-6,10H2,1-2H3. The van der Waals surface area contributed by atoms with Crippen LogP contribution in [0.2, 0.25) is 5.82 Å². The summed E-state index contributed by atoms with van der Waals surface area (Å²) in [6.45, 7) is 4.70. The zero-order valence-electron chi connectivity index (χ0n) is 7.30. The molecule has 0 saturated heterocycles. The Labute approximate surface area is 65.1 Å². The lowest BCUT2D eigenvalue weighted by Gasteiger charge is -2.28. The van der Waals surface area contributed by atoms with Gasteiger partial charge in [-0.1, -0.05) is 31.8 Å². The van der Waals surface area contributed by atoms with E-state index in [1.807, 2.05) is 0 Å². The summed E-state index contributed by atoms with van der Waals surface area (Å²) in [6.07, 6.45) is 7.26. The van der Waals surface area contributed by atoms with Crippen LogP contribution in [0.4, 0.5) is 0 Å². The second-order valence-electron chi connectivity index (χ2n) is 3.83. The predicted molar refractivity (Wildman–Crippen MR) is 49.0 cm³/mol. The van der Waals surface area contributed by atoms with Crippen molar-refractivity contribution in [2.24, 2.45) is 11.8 Å². The highest BCUT2D eigenvalue weighted by Crippen LogP contribution is 2.32. The van der Waals surface area contributed by atoms with Crippen LogP contribution in [0.5, 0.6) is 0 Å². The quantitative estimate of drug-likeness (QED) is 0.382. The van der Waals surface area contributed by atoms with E-state index in [1.54, 1.807) is 0 Å². The SMILES string of the molecule is BC(C)C1CC=CCC1C. The number of rotatable bonds is 1. The van der Waals surface area contributed by atoms with Crippen molar-refractivity contribution in [1.82, 2.24) is 0 Å². The maximum absolute atomic E-state index is 2.37. The van der Waals surface area contributed by atoms with Gasteiger partial charge in [0, 0.05) is 0 Å². The molecule has 1 aliphatic rings. The van der Waals surface area contributed by atoms with E-state index in [1.165, 1.54) is 12.8 Å². The fraction of sp³-hybridized carbons (Fsp3) is 0.778. The molecule has 0 N–H and O–H groups in total. The van der Waals surface area contributed by atoms with Gasteiger partial charge in [-0.15, -0.1) is 0 Å². The fourth-order valence-electron chi connectivity index (χ4n) is 1.90. The maximum atomic E-state index is 2.37. The summed E-state index contributed by atoms with van der Waals surface area (Å²) < 4.78 is 0. The first-order valence-corrected chi connectivity index (χ1v) is 4.37. The van der Waals surface area contributed by atoms with Crippen LogP contribution in [0.3, 0.4) is 0 Å². The second kappa shape index (κ2) is 3.27. The molecule has 3 atom stereocenters. The topological polar surface area (TPSA) is 0 Å². The van der Waals surface area contributed by atoms with Gasteiger partial charge < -0.3 is 0 Å². The highest BCUT2D eigenvalue weighted by Gasteiger charge is 2.20. The molecule has 56 valence electrons. The van der Waals surface area contributed by atoms with Crippen molar-refractivity contribution in [2.75, 3.05) is 0 Å². The minimum atomic E-state index is 0.861. The molecule has 0 aromatic rings. The molecule has 1 aliphatic carbocycles. The molecule has 0 nitrogen and oxygen atoms in total. The van der Waals surface area contributed by atoms with E-state index in [9.17, 15) is 0 Å². The molecular formula is C9H17B. The van der Waals surface area contributed by atoms with Crippen molar-refractivity contribution in [3.8, 4) is 0 Å². The molecule has 0 aliphatic heterocycles. The van der Waals surface area contributed by atoms with Crippen molar-refractivity contribution in [1.29, 1.82) is 0 Å². The molecule has 0 heterocycles. The van der Waals surface area contributed by atoms with Crippen molar-refractivity contribution < 1.29 is 0 Å². The van der Waals surface area contributed by atoms with Crippen molar-refractivity contribution in [3.63, 3.8) is 0 Å². The minimum Gasteiger partial charge on any atom is -0.0883 e. The molecule has 1 rings (SSSR count). The molecule has 0 fully saturated rings. The number of hydrogen-bond donors (Lipinski definition) is 0. The first-order chi connectivity index (χ1) is 4.72. The molecule has 0 radical (unpaired) electrons. The summed E-state index contributed by atoms with van der Waals surface area (Å²) in [5.41, 5.74) is 0. The monoisotopic (exact) mass is 136 g/mol. The molecule has 0 spiro atoms. The largest absolute Gasteiger partial charge is 0.105 e. The summed E-state index contributed by atoms with van der Waals surface area (Å²) in [5, 5.41) is 0. The third-order valence-electron chi connectivity index (χ3n) is 2.67. The average molecular weight is 136 g/mol. The Morgan fingerprint density at radius 2 is 2.00 bits per heavy atom. The molecule has 0 amide bonds. The smallest absolute Gasteiger partial charge is 0.0883 e. The van der Waals surface area contributed by atoms with Crippen LogP contribution in [0.25, 0.3) is 0 Å². The Morgan fingerprint density at radius 3 is 2.40 bits per heavy atom. The van der Waals surface area contributed by atoms with E-state index in [0.29, 0.717) is 0 Å². The molecule has 10 heavy (non-hydrogen) atoms. The lowest BCUT2D eigenvalue weighted by molar-refractivity contribution is 0.340. The van der Waals surface area contributed by atoms with E-state index >= 15 is 0 Å². The van der Waals surface area contributed by atoms with E-state index < -0.39 is 0 Å². The lowest BCUT2D eigenvalue weighted by Crippen LogP contribution is -2.17. The Kier molecular flexibility index (Phi) is 2.59. The van der Waals surface area contributed by atoms with Gasteiger partial charge in [0.15, 0.2) is 0 Å². The summed E-state index contributed by atoms with van der Waals surface area (Å²) in [6, 6.07) is 0. The Bertz CT molecular complexity index is 127. The summed E-state index contributed by atoms with van der Waals surface area (Å²) in [4.78, 5) is 0. The first-order valence-electron chi connectivity index (χ1n) is 4.37. The molecule has 1 heteroatoms. The van der Waals surface area contributed by atoms with Gasteiger partial charge in [-0.25, -0.2) is 0 Å². The summed E-state index contributed by atoms with van der Waals surface area (Å²) in [7, 11) is 2.33. The van der Waals surface area contributed by atoms with Gasteiger partial charge in [0.25, 0.3) is 0 Å². The Morgan fingerprint density at radius 1 is 1.40 bits per heavy atom. The maximum Gasteiger partial charge on any atom is 0.105 e. The number of hydrogen-bond acceptors (Lipinski definition) is 0. The Balaban J connectivity index is 2.51. The fourth-order valence-corrected chi connectivity index (χ4v) is 1.90. The summed E-state index contributed by atoms with van der Waals surface area (Å²) >= 11 is 0. The first kappa shape index (κ1) is 7.91. The molecule has 0 aromatic carbocycles. The van der Waals surface area contributed by atoms with Crippen LogP contribution in [0.1, 0.15) is 26.7 Å². The molecule has 0 bridgehead atoms. The van der Waals surface area contributed by atoms with Gasteiger partial charge in [0.2, 0.25) is 0 Å². The average Bonchev–Trinajstić information content (AvgIpc) is 1.88. The van der Waals surface area contributed by atoms with Crippen molar-refractivity contribution >= 4 is 7.85 Å². The van der Waals surface area contributed by atoms with Crippen molar-refractivity contribution in [3.05, 3.63) is 12.2 Å². The van der Waals surface area contributed by atoms with Gasteiger partial charge in [0.1, 0.15) is 7.85 Å². The molecule has 0 saturated carbocycles. The second-order valence-corrected chi connectivity index (χ2v) is 3.83. The van der Waals surface area contributed by atoms with Gasteiger partial charge in [-0.05, 0) is 24.7 Å². The molecular weight excluding hydrogens is 119 g/mol. The highest BCUT2D eigenvalue weighted by molar-refractivity contribution is 6.11. The number of allylic oxidation sites excluding steroid dienone is 2.